The summed E-state index contributed by atoms with van der Waals surface area (Å²) in [5, 5.41) is 3.43. The first-order valence-electron chi connectivity index (χ1n) is 8.24. The molecule has 1 fully saturated rings. The van der Waals surface area contributed by atoms with Gasteiger partial charge in [-0.25, -0.2) is 0 Å². The molecule has 0 unspecified atom stereocenters. The van der Waals surface area contributed by atoms with E-state index in [1.165, 1.54) is 43.6 Å². The highest BCUT2D eigenvalue weighted by atomic mass is 16.5. The molecule has 118 valence electrons. The van der Waals surface area contributed by atoms with Gasteiger partial charge in [0.15, 0.2) is 0 Å². The summed E-state index contributed by atoms with van der Waals surface area (Å²) >= 11 is 0. The monoisotopic (exact) mass is 290 g/mol. The van der Waals surface area contributed by atoms with Crippen molar-refractivity contribution in [2.75, 3.05) is 39.8 Å². The summed E-state index contributed by atoms with van der Waals surface area (Å²) in [7, 11) is 2.23. The van der Waals surface area contributed by atoms with Crippen LogP contribution in [0.1, 0.15) is 30.4 Å². The lowest BCUT2D eigenvalue weighted by Crippen LogP contribution is -2.35. The molecular formula is C18H30N2O. The topological polar surface area (TPSA) is 24.5 Å². The van der Waals surface area contributed by atoms with Gasteiger partial charge in [0.2, 0.25) is 0 Å². The Kier molecular flexibility index (Phi) is 6.52. The van der Waals surface area contributed by atoms with Gasteiger partial charge < -0.3 is 15.0 Å². The molecule has 0 bridgehead atoms. The molecule has 1 aromatic carbocycles. The van der Waals surface area contributed by atoms with Crippen LogP contribution in [-0.4, -0.2) is 44.7 Å². The Balaban J connectivity index is 1.61. The van der Waals surface area contributed by atoms with Crippen LogP contribution in [0.4, 0.5) is 0 Å². The van der Waals surface area contributed by atoms with Gasteiger partial charge in [0.1, 0.15) is 5.75 Å². The lowest BCUT2D eigenvalue weighted by Gasteiger charge is -2.27. The molecule has 1 saturated heterocycles. The van der Waals surface area contributed by atoms with Gasteiger partial charge in [-0.05, 0) is 82.4 Å². The van der Waals surface area contributed by atoms with Gasteiger partial charge in [0.05, 0.1) is 6.61 Å². The molecule has 0 atom stereocenters. The molecule has 0 spiro atoms. The Labute approximate surface area is 129 Å². The summed E-state index contributed by atoms with van der Waals surface area (Å²) in [5.41, 5.74) is 2.62. The number of aryl methyl sites for hydroxylation is 2. The molecule has 3 heteroatoms. The lowest BCUT2D eigenvalue weighted by molar-refractivity contribution is 0.218. The van der Waals surface area contributed by atoms with Crippen LogP contribution in [0, 0.1) is 19.8 Å². The van der Waals surface area contributed by atoms with E-state index >= 15 is 0 Å². The van der Waals surface area contributed by atoms with Crippen molar-refractivity contribution in [1.29, 1.82) is 0 Å². The molecule has 3 nitrogen and oxygen atoms in total. The molecule has 1 heterocycles. The first kappa shape index (κ1) is 16.3. The maximum Gasteiger partial charge on any atom is 0.119 e. The zero-order valence-electron chi connectivity index (χ0n) is 13.8. The zero-order chi connectivity index (χ0) is 15.1. The van der Waals surface area contributed by atoms with Crippen molar-refractivity contribution in [1.82, 2.24) is 10.2 Å². The fraction of sp³-hybridized carbons (Fsp3) is 0.667. The standard InChI is InChI=1S/C18H30N2O/c1-15-5-6-18(13-16(15)2)21-12-4-11-20(3)14-17-7-9-19-10-8-17/h5-6,13,17,19H,4,7-12,14H2,1-3H3. The second kappa shape index (κ2) is 8.40. The predicted molar refractivity (Wildman–Crippen MR) is 89.1 cm³/mol. The van der Waals surface area contributed by atoms with Crippen LogP contribution in [0.3, 0.4) is 0 Å². The summed E-state index contributed by atoms with van der Waals surface area (Å²) in [5.74, 6) is 1.87. The normalized spacial score (nSPS) is 16.4. The van der Waals surface area contributed by atoms with Crippen LogP contribution in [0.2, 0.25) is 0 Å². The summed E-state index contributed by atoms with van der Waals surface area (Å²) in [6.07, 6.45) is 3.74. The molecule has 0 aromatic heterocycles. The number of ether oxygens (including phenoxy) is 1. The molecule has 0 radical (unpaired) electrons. The second-order valence-electron chi connectivity index (χ2n) is 6.40. The minimum Gasteiger partial charge on any atom is -0.494 e. The van der Waals surface area contributed by atoms with Crippen LogP contribution >= 0.6 is 0 Å². The largest absolute Gasteiger partial charge is 0.494 e. The summed E-state index contributed by atoms with van der Waals surface area (Å²) in [6, 6.07) is 6.34. The molecule has 1 aromatic rings. The minimum atomic E-state index is 0.805. The SMILES string of the molecule is Cc1ccc(OCCCN(C)CC2CCNCC2)cc1C. The van der Waals surface area contributed by atoms with Gasteiger partial charge in [-0.15, -0.1) is 0 Å². The third-order valence-corrected chi connectivity index (χ3v) is 4.46. The van der Waals surface area contributed by atoms with E-state index in [-0.39, 0.29) is 0 Å². The smallest absolute Gasteiger partial charge is 0.119 e. The Morgan fingerprint density at radius 3 is 2.67 bits per heavy atom. The van der Waals surface area contributed by atoms with E-state index in [1.54, 1.807) is 0 Å². The van der Waals surface area contributed by atoms with Crippen molar-refractivity contribution < 1.29 is 4.74 Å². The van der Waals surface area contributed by atoms with Gasteiger partial charge in [-0.3, -0.25) is 0 Å². The summed E-state index contributed by atoms with van der Waals surface area (Å²) in [6.45, 7) is 9.80. The second-order valence-corrected chi connectivity index (χ2v) is 6.40. The zero-order valence-corrected chi connectivity index (χ0v) is 13.8. The Morgan fingerprint density at radius 2 is 1.95 bits per heavy atom. The minimum absolute atomic E-state index is 0.805. The summed E-state index contributed by atoms with van der Waals surface area (Å²) < 4.78 is 5.85. The quantitative estimate of drug-likeness (QED) is 0.781. The number of piperidine rings is 1. The van der Waals surface area contributed by atoms with Crippen LogP contribution in [0.15, 0.2) is 18.2 Å². The third kappa shape index (κ3) is 5.68. The molecule has 1 aliphatic rings. The van der Waals surface area contributed by atoms with E-state index < -0.39 is 0 Å². The van der Waals surface area contributed by atoms with Gasteiger partial charge in [0.25, 0.3) is 0 Å². The number of nitrogens with one attached hydrogen (secondary N) is 1. The van der Waals surface area contributed by atoms with Crippen molar-refractivity contribution in [3.8, 4) is 5.75 Å². The van der Waals surface area contributed by atoms with Crippen molar-refractivity contribution in [2.45, 2.75) is 33.1 Å². The van der Waals surface area contributed by atoms with Crippen molar-refractivity contribution >= 4 is 0 Å². The molecular weight excluding hydrogens is 260 g/mol. The molecule has 1 N–H and O–H groups in total. The number of hydrogen-bond acceptors (Lipinski definition) is 3. The molecule has 0 aliphatic carbocycles. The maximum absolute atomic E-state index is 5.85. The average Bonchev–Trinajstić information content (AvgIpc) is 2.48. The highest BCUT2D eigenvalue weighted by Gasteiger charge is 2.14. The average molecular weight is 290 g/mol. The van der Waals surface area contributed by atoms with Gasteiger partial charge in [-0.1, -0.05) is 6.07 Å². The van der Waals surface area contributed by atoms with Crippen LogP contribution in [0.5, 0.6) is 5.75 Å². The van der Waals surface area contributed by atoms with Crippen LogP contribution < -0.4 is 10.1 Å². The first-order chi connectivity index (χ1) is 10.1. The van der Waals surface area contributed by atoms with Gasteiger partial charge >= 0.3 is 0 Å². The molecule has 2 rings (SSSR count). The van der Waals surface area contributed by atoms with Crippen molar-refractivity contribution in [3.63, 3.8) is 0 Å². The van der Waals surface area contributed by atoms with E-state index in [1.807, 2.05) is 0 Å². The Hall–Kier alpha value is -1.06. The highest BCUT2D eigenvalue weighted by molar-refractivity contribution is 5.33. The highest BCUT2D eigenvalue weighted by Crippen LogP contribution is 2.17. The molecule has 1 aliphatic heterocycles. The van der Waals surface area contributed by atoms with Crippen molar-refractivity contribution in [2.24, 2.45) is 5.92 Å². The van der Waals surface area contributed by atoms with Gasteiger partial charge in [-0.2, -0.15) is 0 Å². The maximum atomic E-state index is 5.85. The Bertz CT molecular complexity index is 427. The molecule has 0 amide bonds. The van der Waals surface area contributed by atoms with Crippen LogP contribution in [-0.2, 0) is 0 Å². The lowest BCUT2D eigenvalue weighted by atomic mass is 9.98. The third-order valence-electron chi connectivity index (χ3n) is 4.46. The number of nitrogens with zero attached hydrogens (tertiary/aromatic N) is 1. The van der Waals surface area contributed by atoms with E-state index in [2.05, 4.69) is 49.3 Å². The fourth-order valence-corrected chi connectivity index (χ4v) is 2.92. The van der Waals surface area contributed by atoms with E-state index in [0.29, 0.717) is 0 Å². The summed E-state index contributed by atoms with van der Waals surface area (Å²) in [4.78, 5) is 2.46. The van der Waals surface area contributed by atoms with Crippen molar-refractivity contribution in [3.05, 3.63) is 29.3 Å². The molecule has 0 saturated carbocycles. The van der Waals surface area contributed by atoms with Gasteiger partial charge in [0, 0.05) is 13.1 Å². The van der Waals surface area contributed by atoms with E-state index in [0.717, 1.165) is 31.2 Å². The Morgan fingerprint density at radius 1 is 1.19 bits per heavy atom. The number of benzene rings is 1. The number of hydrogen-bond donors (Lipinski definition) is 1. The fourth-order valence-electron chi connectivity index (χ4n) is 2.92. The van der Waals surface area contributed by atoms with E-state index in [4.69, 9.17) is 4.74 Å². The predicted octanol–water partition coefficient (Wildman–Crippen LogP) is 3.00. The van der Waals surface area contributed by atoms with Crippen LogP contribution in [0.25, 0.3) is 0 Å². The first-order valence-corrected chi connectivity index (χ1v) is 8.24. The van der Waals surface area contributed by atoms with E-state index in [9.17, 15) is 0 Å². The molecule has 21 heavy (non-hydrogen) atoms. The number of rotatable bonds is 7.